The topological polar surface area (TPSA) is 96.4 Å². The number of ketones is 1. The summed E-state index contributed by atoms with van der Waals surface area (Å²) in [5.74, 6) is 0.169. The summed E-state index contributed by atoms with van der Waals surface area (Å²) in [6.07, 6.45) is -0.586. The van der Waals surface area contributed by atoms with Gasteiger partial charge in [0.2, 0.25) is 5.95 Å². The number of anilines is 1. The van der Waals surface area contributed by atoms with Crippen LogP contribution in [0, 0.1) is 0 Å². The van der Waals surface area contributed by atoms with E-state index in [1.165, 1.54) is 0 Å². The maximum Gasteiger partial charge on any atom is 0.413 e. The Balaban J connectivity index is 1.73. The van der Waals surface area contributed by atoms with Crippen LogP contribution in [0.25, 0.3) is 11.0 Å². The third-order valence-corrected chi connectivity index (χ3v) is 4.97. The van der Waals surface area contributed by atoms with Crippen molar-refractivity contribution in [2.75, 3.05) is 18.5 Å². The van der Waals surface area contributed by atoms with Crippen LogP contribution in [0.1, 0.15) is 28.4 Å². The van der Waals surface area contributed by atoms with Gasteiger partial charge in [0.1, 0.15) is 6.54 Å². The van der Waals surface area contributed by atoms with Crippen molar-refractivity contribution in [3.05, 3.63) is 57.1 Å². The number of amides is 1. The van der Waals surface area contributed by atoms with Crippen LogP contribution in [0.3, 0.4) is 0 Å². The molecule has 1 amide bonds. The molecule has 2 aromatic carbocycles. The zero-order chi connectivity index (χ0) is 19.8. The molecule has 0 bridgehead atoms. The molecule has 0 aliphatic carbocycles. The molecular weight excluding hydrogens is 403 g/mol. The van der Waals surface area contributed by atoms with Crippen molar-refractivity contribution in [3.8, 4) is 0 Å². The SMILES string of the molecule is CCOC(=O)Nc1nc2ccc(C3=NCC(=O)c4cc(Cl)c(Cl)cc43)cc2[nH]1. The molecule has 0 saturated heterocycles. The summed E-state index contributed by atoms with van der Waals surface area (Å²) in [5, 5.41) is 3.21. The molecular formula is C19H14Cl2N4O3. The second-order valence-electron chi connectivity index (χ2n) is 6.06. The molecule has 0 saturated carbocycles. The van der Waals surface area contributed by atoms with E-state index in [0.29, 0.717) is 37.9 Å². The quantitative estimate of drug-likeness (QED) is 0.657. The van der Waals surface area contributed by atoms with Crippen molar-refractivity contribution in [2.24, 2.45) is 4.99 Å². The number of hydrogen-bond acceptors (Lipinski definition) is 5. The minimum absolute atomic E-state index is 0.0387. The second kappa shape index (κ2) is 7.26. The minimum Gasteiger partial charge on any atom is -0.450 e. The molecule has 1 aromatic heterocycles. The van der Waals surface area contributed by atoms with Gasteiger partial charge in [0, 0.05) is 16.7 Å². The van der Waals surface area contributed by atoms with Gasteiger partial charge in [-0.15, -0.1) is 0 Å². The Morgan fingerprint density at radius 2 is 1.96 bits per heavy atom. The van der Waals surface area contributed by atoms with Crippen molar-refractivity contribution in [3.63, 3.8) is 0 Å². The molecule has 7 nitrogen and oxygen atoms in total. The first-order valence-corrected chi connectivity index (χ1v) is 9.23. The van der Waals surface area contributed by atoms with E-state index in [1.54, 1.807) is 25.1 Å². The number of nitrogens with zero attached hydrogens (tertiary/aromatic N) is 2. The average Bonchev–Trinajstić information content (AvgIpc) is 3.05. The van der Waals surface area contributed by atoms with Crippen molar-refractivity contribution in [2.45, 2.75) is 6.92 Å². The fourth-order valence-corrected chi connectivity index (χ4v) is 3.35. The summed E-state index contributed by atoms with van der Waals surface area (Å²) in [5.41, 5.74) is 3.92. The van der Waals surface area contributed by atoms with Crippen LogP contribution in [0.2, 0.25) is 10.0 Å². The third-order valence-electron chi connectivity index (χ3n) is 4.25. The van der Waals surface area contributed by atoms with E-state index >= 15 is 0 Å². The van der Waals surface area contributed by atoms with Crippen LogP contribution < -0.4 is 5.32 Å². The van der Waals surface area contributed by atoms with Gasteiger partial charge in [0.15, 0.2) is 5.78 Å². The number of Topliss-reactive ketones (excluding diaryl/α,β-unsaturated/α-hetero) is 1. The number of halogens is 2. The normalized spacial score (nSPS) is 13.2. The molecule has 2 heterocycles. The molecule has 142 valence electrons. The number of H-pyrrole nitrogens is 1. The number of nitrogens with one attached hydrogen (secondary N) is 2. The van der Waals surface area contributed by atoms with E-state index in [9.17, 15) is 9.59 Å². The molecule has 0 fully saturated rings. The maximum atomic E-state index is 12.2. The van der Waals surface area contributed by atoms with Crippen molar-refractivity contribution in [1.29, 1.82) is 0 Å². The lowest BCUT2D eigenvalue weighted by Crippen LogP contribution is -2.20. The molecule has 0 spiro atoms. The summed E-state index contributed by atoms with van der Waals surface area (Å²) in [6, 6.07) is 8.72. The van der Waals surface area contributed by atoms with E-state index in [4.69, 9.17) is 27.9 Å². The Labute approximate surface area is 169 Å². The molecule has 9 heteroatoms. The highest BCUT2D eigenvalue weighted by Crippen LogP contribution is 2.30. The maximum absolute atomic E-state index is 12.2. The molecule has 3 aromatic rings. The second-order valence-corrected chi connectivity index (χ2v) is 6.88. The molecule has 2 N–H and O–H groups in total. The lowest BCUT2D eigenvalue weighted by Gasteiger charge is -2.17. The number of carbonyl (C=O) groups excluding carboxylic acids is 2. The number of aliphatic imine (C=N–C) groups is 1. The highest BCUT2D eigenvalue weighted by molar-refractivity contribution is 6.43. The van der Waals surface area contributed by atoms with Gasteiger partial charge < -0.3 is 9.72 Å². The summed E-state index contributed by atoms with van der Waals surface area (Å²) in [4.78, 5) is 35.5. The number of imidazole rings is 1. The Morgan fingerprint density at radius 1 is 1.21 bits per heavy atom. The van der Waals surface area contributed by atoms with E-state index < -0.39 is 6.09 Å². The number of rotatable bonds is 3. The van der Waals surface area contributed by atoms with E-state index in [2.05, 4.69) is 20.3 Å². The zero-order valence-electron chi connectivity index (χ0n) is 14.7. The summed E-state index contributed by atoms with van der Waals surface area (Å²) in [7, 11) is 0. The smallest absolute Gasteiger partial charge is 0.413 e. The van der Waals surface area contributed by atoms with Crippen LogP contribution >= 0.6 is 23.2 Å². The highest BCUT2D eigenvalue weighted by Gasteiger charge is 2.23. The Hall–Kier alpha value is -2.90. The predicted molar refractivity (Wildman–Crippen MR) is 108 cm³/mol. The van der Waals surface area contributed by atoms with Gasteiger partial charge in [-0.25, -0.2) is 9.78 Å². The van der Waals surface area contributed by atoms with Crippen LogP contribution in [0.5, 0.6) is 0 Å². The summed E-state index contributed by atoms with van der Waals surface area (Å²) < 4.78 is 4.85. The molecule has 1 aliphatic rings. The zero-order valence-corrected chi connectivity index (χ0v) is 16.2. The molecule has 4 rings (SSSR count). The van der Waals surface area contributed by atoms with Crippen molar-refractivity contribution in [1.82, 2.24) is 9.97 Å². The van der Waals surface area contributed by atoms with Gasteiger partial charge in [-0.1, -0.05) is 29.3 Å². The van der Waals surface area contributed by atoms with Gasteiger partial charge in [-0.05, 0) is 31.2 Å². The minimum atomic E-state index is -0.586. The number of aromatic nitrogens is 2. The highest BCUT2D eigenvalue weighted by atomic mass is 35.5. The lowest BCUT2D eigenvalue weighted by atomic mass is 9.92. The molecule has 0 unspecified atom stereocenters. The first-order chi connectivity index (χ1) is 13.5. The number of aromatic amines is 1. The van der Waals surface area contributed by atoms with Crippen LogP contribution in [0.4, 0.5) is 10.7 Å². The van der Waals surface area contributed by atoms with Crippen LogP contribution in [0.15, 0.2) is 35.3 Å². The molecule has 1 aliphatic heterocycles. The molecule has 28 heavy (non-hydrogen) atoms. The largest absolute Gasteiger partial charge is 0.450 e. The van der Waals surface area contributed by atoms with E-state index in [1.807, 2.05) is 12.1 Å². The van der Waals surface area contributed by atoms with Gasteiger partial charge in [-0.2, -0.15) is 0 Å². The number of hydrogen-bond donors (Lipinski definition) is 2. The first kappa shape index (κ1) is 18.5. The number of ether oxygens (including phenoxy) is 1. The van der Waals surface area contributed by atoms with E-state index in [-0.39, 0.29) is 24.9 Å². The van der Waals surface area contributed by atoms with Crippen LogP contribution in [-0.2, 0) is 4.74 Å². The number of benzene rings is 2. The number of fused-ring (bicyclic) bond motifs is 2. The molecule has 0 radical (unpaired) electrons. The van der Waals surface area contributed by atoms with Crippen molar-refractivity contribution >= 4 is 57.8 Å². The average molecular weight is 417 g/mol. The van der Waals surface area contributed by atoms with E-state index in [0.717, 1.165) is 5.56 Å². The predicted octanol–water partition coefficient (Wildman–Crippen LogP) is 4.47. The van der Waals surface area contributed by atoms with Gasteiger partial charge in [-0.3, -0.25) is 15.1 Å². The van der Waals surface area contributed by atoms with Crippen LogP contribution in [-0.4, -0.2) is 40.7 Å². The van der Waals surface area contributed by atoms with Crippen molar-refractivity contribution < 1.29 is 14.3 Å². The fourth-order valence-electron chi connectivity index (χ4n) is 3.02. The Morgan fingerprint density at radius 3 is 2.71 bits per heavy atom. The first-order valence-electron chi connectivity index (χ1n) is 8.47. The lowest BCUT2D eigenvalue weighted by molar-refractivity contribution is 0.1000. The summed E-state index contributed by atoms with van der Waals surface area (Å²) >= 11 is 12.2. The fraction of sp³-hybridized carbons (Fsp3) is 0.158. The standard InChI is InChI=1S/C19H14Cl2N4O3/c1-2-28-19(27)25-18-23-14-4-3-9(5-15(14)24-18)17-11-7-13(21)12(20)6-10(11)16(26)8-22-17/h3-7H,2,8H2,1H3,(H2,23,24,25,27). The van der Waals surface area contributed by atoms with Gasteiger partial charge in [0.25, 0.3) is 0 Å². The Kier molecular flexibility index (Phi) is 4.78. The summed E-state index contributed by atoms with van der Waals surface area (Å²) in [6.45, 7) is 2.02. The number of carbonyl (C=O) groups is 2. The molecule has 0 atom stereocenters. The van der Waals surface area contributed by atoms with Gasteiger partial charge in [0.05, 0.1) is 33.4 Å². The third kappa shape index (κ3) is 3.34. The Bertz CT molecular complexity index is 1150. The monoisotopic (exact) mass is 416 g/mol. The van der Waals surface area contributed by atoms with Gasteiger partial charge >= 0.3 is 6.09 Å².